The third-order valence-electron chi connectivity index (χ3n) is 8.91. The van der Waals surface area contributed by atoms with Gasteiger partial charge in [0.05, 0.1) is 6.04 Å². The molecule has 0 spiro atoms. The molecule has 0 saturated heterocycles. The van der Waals surface area contributed by atoms with Crippen molar-refractivity contribution in [2.45, 2.75) is 6.04 Å². The van der Waals surface area contributed by atoms with E-state index >= 15 is 0 Å². The number of hydrogen-bond acceptors (Lipinski definition) is 4. The van der Waals surface area contributed by atoms with Gasteiger partial charge in [-0.3, -0.25) is 4.99 Å². The van der Waals surface area contributed by atoms with Crippen LogP contribution < -0.4 is 5.32 Å². The van der Waals surface area contributed by atoms with Gasteiger partial charge in [-0.25, -0.2) is 4.98 Å². The highest BCUT2D eigenvalue weighted by Gasteiger charge is 2.21. The first-order valence-corrected chi connectivity index (χ1v) is 15.9. The fourth-order valence-electron chi connectivity index (χ4n) is 6.56. The zero-order chi connectivity index (χ0) is 31.2. The summed E-state index contributed by atoms with van der Waals surface area (Å²) in [5, 5.41) is 8.09. The molecule has 0 saturated carbocycles. The zero-order valence-electron chi connectivity index (χ0n) is 25.5. The van der Waals surface area contributed by atoms with Gasteiger partial charge >= 0.3 is 0 Å². The van der Waals surface area contributed by atoms with Crippen LogP contribution in [0.5, 0.6) is 0 Å². The molecule has 2 heterocycles. The van der Waals surface area contributed by atoms with Gasteiger partial charge in [0, 0.05) is 22.2 Å². The van der Waals surface area contributed by atoms with Crippen LogP contribution in [0, 0.1) is 0 Å². The molecule has 8 aromatic rings. The Hall–Kier alpha value is -6.26. The highest BCUT2D eigenvalue weighted by molar-refractivity contribution is 6.19. The number of nitrogens with zero attached hydrogens (tertiary/aromatic N) is 2. The lowest BCUT2D eigenvalue weighted by atomic mass is 9.96. The Morgan fingerprint density at radius 2 is 1.21 bits per heavy atom. The van der Waals surface area contributed by atoms with E-state index in [0.717, 1.165) is 66.4 Å². The largest absolute Gasteiger partial charge is 0.435 e. The average Bonchev–Trinajstić information content (AvgIpc) is 3.60. The molecule has 1 unspecified atom stereocenters. The minimum Gasteiger partial charge on any atom is -0.435 e. The SMILES string of the molecule is C1=C(c2ccccc2)NC(c2ccc3c(ccc4ccc5nc(-c6ccccc6)oc5c43)c2)=NC1c1cccc(-c2ccccc2)c1. The number of oxazole rings is 1. The van der Waals surface area contributed by atoms with E-state index in [9.17, 15) is 0 Å². The lowest BCUT2D eigenvalue weighted by Gasteiger charge is -2.24. The maximum Gasteiger partial charge on any atom is 0.227 e. The average molecular weight is 604 g/mol. The fraction of sp³-hybridized carbons (Fsp3) is 0.0233. The number of aliphatic imine (C=N–C) groups is 1. The van der Waals surface area contributed by atoms with Gasteiger partial charge in [0.15, 0.2) is 5.58 Å². The summed E-state index contributed by atoms with van der Waals surface area (Å²) in [5.41, 5.74) is 9.33. The maximum atomic E-state index is 6.44. The Morgan fingerprint density at radius 1 is 0.532 bits per heavy atom. The number of rotatable bonds is 5. The molecule has 0 amide bonds. The summed E-state index contributed by atoms with van der Waals surface area (Å²) in [6.45, 7) is 0. The summed E-state index contributed by atoms with van der Waals surface area (Å²) < 4.78 is 6.44. The van der Waals surface area contributed by atoms with Crippen molar-refractivity contribution >= 4 is 44.2 Å². The van der Waals surface area contributed by atoms with Gasteiger partial charge in [-0.05, 0) is 74.8 Å². The van der Waals surface area contributed by atoms with Crippen molar-refractivity contribution < 1.29 is 4.42 Å². The minimum atomic E-state index is -0.150. The Morgan fingerprint density at radius 3 is 2.00 bits per heavy atom. The highest BCUT2D eigenvalue weighted by atomic mass is 16.3. The van der Waals surface area contributed by atoms with Gasteiger partial charge in [0.2, 0.25) is 5.89 Å². The molecular weight excluding hydrogens is 574 g/mol. The summed E-state index contributed by atoms with van der Waals surface area (Å²) in [4.78, 5) is 10.1. The van der Waals surface area contributed by atoms with E-state index in [0.29, 0.717) is 5.89 Å². The van der Waals surface area contributed by atoms with Crippen molar-refractivity contribution in [2.24, 2.45) is 4.99 Å². The van der Waals surface area contributed by atoms with Crippen LogP contribution in [0.1, 0.15) is 22.7 Å². The molecule has 0 bridgehead atoms. The molecule has 222 valence electrons. The lowest BCUT2D eigenvalue weighted by molar-refractivity contribution is 0.623. The van der Waals surface area contributed by atoms with Crippen LogP contribution >= 0.6 is 0 Å². The second-order valence-electron chi connectivity index (χ2n) is 11.9. The Labute approximate surface area is 272 Å². The van der Waals surface area contributed by atoms with E-state index in [1.807, 2.05) is 48.5 Å². The fourth-order valence-corrected chi connectivity index (χ4v) is 6.56. The molecule has 9 rings (SSSR count). The predicted octanol–water partition coefficient (Wildman–Crippen LogP) is 10.6. The molecule has 4 heteroatoms. The predicted molar refractivity (Wildman–Crippen MR) is 193 cm³/mol. The van der Waals surface area contributed by atoms with Gasteiger partial charge in [0.1, 0.15) is 11.4 Å². The number of benzene rings is 7. The maximum absolute atomic E-state index is 6.44. The van der Waals surface area contributed by atoms with Crippen LogP contribution in [0.15, 0.2) is 173 Å². The van der Waals surface area contributed by atoms with Crippen LogP contribution in [0.2, 0.25) is 0 Å². The van der Waals surface area contributed by atoms with Gasteiger partial charge < -0.3 is 9.73 Å². The van der Waals surface area contributed by atoms with E-state index in [1.54, 1.807) is 0 Å². The topological polar surface area (TPSA) is 50.4 Å². The lowest BCUT2D eigenvalue weighted by Crippen LogP contribution is -2.27. The number of aromatic nitrogens is 1. The zero-order valence-corrected chi connectivity index (χ0v) is 25.5. The molecule has 1 atom stereocenters. The van der Waals surface area contributed by atoms with E-state index < -0.39 is 0 Å². The van der Waals surface area contributed by atoms with Crippen LogP contribution in [0.25, 0.3) is 60.9 Å². The first-order chi connectivity index (χ1) is 23.3. The Kier molecular flexibility index (Phi) is 6.50. The van der Waals surface area contributed by atoms with Crippen molar-refractivity contribution in [1.29, 1.82) is 0 Å². The quantitative estimate of drug-likeness (QED) is 0.199. The molecular formula is C43H29N3O. The standard InChI is InChI=1S/C43H29N3O/c1-4-11-28(12-5-1)32-17-10-18-34(25-32)39-27-38(29-13-6-2-7-14-29)44-42(45-39)35-21-23-36-33(26-35)20-19-30-22-24-37-41(40(30)36)47-43(46-37)31-15-8-3-9-16-31/h1-27,39H,(H,44,45). The third kappa shape index (κ3) is 4.97. The van der Waals surface area contributed by atoms with Crippen LogP contribution in [-0.4, -0.2) is 10.8 Å². The molecule has 1 N–H and O–H groups in total. The minimum absolute atomic E-state index is 0.150. The van der Waals surface area contributed by atoms with Crippen LogP contribution in [0.4, 0.5) is 0 Å². The summed E-state index contributed by atoms with van der Waals surface area (Å²) >= 11 is 0. The molecule has 0 aliphatic carbocycles. The molecule has 1 aromatic heterocycles. The van der Waals surface area contributed by atoms with E-state index in [2.05, 4.69) is 121 Å². The van der Waals surface area contributed by atoms with Crippen LogP contribution in [-0.2, 0) is 0 Å². The number of nitrogens with one attached hydrogen (secondary N) is 1. The number of fused-ring (bicyclic) bond motifs is 5. The van der Waals surface area contributed by atoms with Gasteiger partial charge in [-0.15, -0.1) is 0 Å². The molecule has 1 aliphatic heterocycles. The smallest absolute Gasteiger partial charge is 0.227 e. The first-order valence-electron chi connectivity index (χ1n) is 15.9. The monoisotopic (exact) mass is 603 g/mol. The third-order valence-corrected chi connectivity index (χ3v) is 8.91. The van der Waals surface area contributed by atoms with Gasteiger partial charge in [-0.2, -0.15) is 0 Å². The molecule has 0 fully saturated rings. The summed E-state index contributed by atoms with van der Waals surface area (Å²) in [5.74, 6) is 1.47. The number of amidine groups is 1. The summed E-state index contributed by atoms with van der Waals surface area (Å²) in [7, 11) is 0. The first kappa shape index (κ1) is 27.1. The van der Waals surface area contributed by atoms with Crippen molar-refractivity contribution in [3.63, 3.8) is 0 Å². The van der Waals surface area contributed by atoms with Crippen molar-refractivity contribution in [3.8, 4) is 22.6 Å². The van der Waals surface area contributed by atoms with E-state index in [-0.39, 0.29) is 6.04 Å². The van der Waals surface area contributed by atoms with Crippen LogP contribution in [0.3, 0.4) is 0 Å². The van der Waals surface area contributed by atoms with Gasteiger partial charge in [-0.1, -0.05) is 127 Å². The van der Waals surface area contributed by atoms with E-state index in [1.165, 1.54) is 11.1 Å². The Bertz CT molecular complexity index is 2480. The van der Waals surface area contributed by atoms with Crippen molar-refractivity contribution in [3.05, 3.63) is 180 Å². The number of hydrogen-bond donors (Lipinski definition) is 1. The molecule has 0 radical (unpaired) electrons. The normalized spacial score (nSPS) is 14.6. The summed E-state index contributed by atoms with van der Waals surface area (Å²) in [6, 6.07) is 54.7. The molecule has 47 heavy (non-hydrogen) atoms. The van der Waals surface area contributed by atoms with E-state index in [4.69, 9.17) is 14.4 Å². The highest BCUT2D eigenvalue weighted by Crippen LogP contribution is 2.36. The second-order valence-corrected chi connectivity index (χ2v) is 11.9. The van der Waals surface area contributed by atoms with Crippen molar-refractivity contribution in [1.82, 2.24) is 10.3 Å². The molecule has 7 aromatic carbocycles. The van der Waals surface area contributed by atoms with Gasteiger partial charge in [0.25, 0.3) is 0 Å². The summed E-state index contributed by atoms with van der Waals surface area (Å²) in [6.07, 6.45) is 2.22. The van der Waals surface area contributed by atoms with Crippen molar-refractivity contribution in [2.75, 3.05) is 0 Å². The second kappa shape index (κ2) is 11.3. The molecule has 4 nitrogen and oxygen atoms in total. The molecule has 1 aliphatic rings. The Balaban J connectivity index is 1.16.